The molecule has 1 saturated heterocycles. The molecule has 2 fully saturated rings. The van der Waals surface area contributed by atoms with Crippen LogP contribution in [0.4, 0.5) is 0 Å². The number of hydrogen-bond donors (Lipinski definition) is 1. The second-order valence-electron chi connectivity index (χ2n) is 8.38. The van der Waals surface area contributed by atoms with Crippen LogP contribution in [0.2, 0.25) is 0 Å². The van der Waals surface area contributed by atoms with Gasteiger partial charge in [-0.2, -0.15) is 11.8 Å². The number of nitrogens with zero attached hydrogens (tertiary/aromatic N) is 1. The first-order chi connectivity index (χ1) is 9.84. The Morgan fingerprint density at radius 1 is 1.14 bits per heavy atom. The molecule has 2 atom stereocenters. The van der Waals surface area contributed by atoms with Crippen LogP contribution >= 0.6 is 11.8 Å². The Hall–Kier alpha value is 0.270. The molecule has 124 valence electrons. The fourth-order valence-electron chi connectivity index (χ4n) is 4.03. The van der Waals surface area contributed by atoms with Gasteiger partial charge in [0.15, 0.2) is 0 Å². The molecule has 2 unspecified atom stereocenters. The molecule has 0 spiro atoms. The molecule has 1 N–H and O–H groups in total. The maximum atomic E-state index is 3.86. The van der Waals surface area contributed by atoms with Gasteiger partial charge in [0.2, 0.25) is 0 Å². The Morgan fingerprint density at radius 3 is 2.62 bits per heavy atom. The summed E-state index contributed by atoms with van der Waals surface area (Å²) >= 11 is 2.16. The van der Waals surface area contributed by atoms with Crippen molar-refractivity contribution in [3.05, 3.63) is 0 Å². The van der Waals surface area contributed by atoms with Gasteiger partial charge in [0.05, 0.1) is 0 Å². The molecular weight excluding hydrogens is 276 g/mol. The van der Waals surface area contributed by atoms with E-state index in [9.17, 15) is 0 Å². The van der Waals surface area contributed by atoms with Crippen LogP contribution in [0.15, 0.2) is 0 Å². The molecule has 0 aromatic carbocycles. The number of nitrogens with one attached hydrogen (secondary N) is 1. The summed E-state index contributed by atoms with van der Waals surface area (Å²) in [6, 6.07) is 0.710. The van der Waals surface area contributed by atoms with Crippen LogP contribution < -0.4 is 5.32 Å². The Morgan fingerprint density at radius 2 is 1.90 bits per heavy atom. The molecule has 2 aliphatic rings. The van der Waals surface area contributed by atoms with Crippen molar-refractivity contribution in [2.24, 2.45) is 11.3 Å². The fraction of sp³-hybridized carbons (Fsp3) is 1.00. The minimum absolute atomic E-state index is 0.472. The van der Waals surface area contributed by atoms with Crippen molar-refractivity contribution in [1.29, 1.82) is 0 Å². The largest absolute Gasteiger partial charge is 0.313 e. The van der Waals surface area contributed by atoms with Crippen molar-refractivity contribution in [3.8, 4) is 0 Å². The molecule has 2 nitrogen and oxygen atoms in total. The van der Waals surface area contributed by atoms with Gasteiger partial charge in [-0.15, -0.1) is 0 Å². The fourth-order valence-corrected chi connectivity index (χ4v) is 5.17. The van der Waals surface area contributed by atoms with E-state index in [-0.39, 0.29) is 0 Å². The minimum Gasteiger partial charge on any atom is -0.313 e. The number of hydrogen-bond acceptors (Lipinski definition) is 3. The van der Waals surface area contributed by atoms with Crippen molar-refractivity contribution in [3.63, 3.8) is 0 Å². The van der Waals surface area contributed by atoms with Crippen LogP contribution in [0.25, 0.3) is 0 Å². The predicted molar refractivity (Wildman–Crippen MR) is 96.2 cm³/mol. The predicted octanol–water partition coefficient (Wildman–Crippen LogP) is 4.01. The smallest absolute Gasteiger partial charge is 0.0159 e. The topological polar surface area (TPSA) is 15.3 Å². The third-order valence-electron chi connectivity index (χ3n) is 5.51. The summed E-state index contributed by atoms with van der Waals surface area (Å²) in [5, 5.41) is 3.86. The van der Waals surface area contributed by atoms with Gasteiger partial charge in [0, 0.05) is 29.6 Å². The zero-order valence-electron chi connectivity index (χ0n) is 14.9. The van der Waals surface area contributed by atoms with Gasteiger partial charge < -0.3 is 10.2 Å². The molecule has 0 amide bonds. The molecule has 0 aromatic heterocycles. The summed E-state index contributed by atoms with van der Waals surface area (Å²) in [5.74, 6) is 2.15. The zero-order chi connectivity index (χ0) is 15.5. The monoisotopic (exact) mass is 312 g/mol. The summed E-state index contributed by atoms with van der Waals surface area (Å²) < 4.78 is 0.476. The first-order valence-electron chi connectivity index (χ1n) is 8.94. The molecule has 0 aromatic rings. The van der Waals surface area contributed by atoms with Crippen LogP contribution in [0, 0.1) is 11.3 Å². The van der Waals surface area contributed by atoms with Crippen molar-refractivity contribution in [2.75, 3.05) is 31.9 Å². The first-order valence-corrected chi connectivity index (χ1v) is 9.92. The van der Waals surface area contributed by atoms with E-state index in [0.717, 1.165) is 5.92 Å². The van der Waals surface area contributed by atoms with Crippen LogP contribution in [-0.2, 0) is 0 Å². The molecule has 1 saturated carbocycles. The highest BCUT2D eigenvalue weighted by Crippen LogP contribution is 2.42. The average Bonchev–Trinajstić information content (AvgIpc) is 2.56. The van der Waals surface area contributed by atoms with Crippen molar-refractivity contribution >= 4 is 11.8 Å². The quantitative estimate of drug-likeness (QED) is 0.826. The third-order valence-corrected chi connectivity index (χ3v) is 6.88. The Bertz CT molecular complexity index is 327. The van der Waals surface area contributed by atoms with E-state index >= 15 is 0 Å². The van der Waals surface area contributed by atoms with Crippen LogP contribution in [0.5, 0.6) is 0 Å². The molecule has 1 aliphatic heterocycles. The highest BCUT2D eigenvalue weighted by atomic mass is 32.2. The molecule has 1 heterocycles. The summed E-state index contributed by atoms with van der Waals surface area (Å²) in [7, 11) is 0. The minimum atomic E-state index is 0.472. The number of rotatable bonds is 5. The SMILES string of the molecule is CCCNC1C(CN2CCSC(C)(C)CC2)CCC1(C)C. The van der Waals surface area contributed by atoms with Gasteiger partial charge >= 0.3 is 0 Å². The average molecular weight is 313 g/mol. The molecule has 21 heavy (non-hydrogen) atoms. The lowest BCUT2D eigenvalue weighted by Gasteiger charge is -2.34. The van der Waals surface area contributed by atoms with E-state index in [1.165, 1.54) is 57.6 Å². The summed E-state index contributed by atoms with van der Waals surface area (Å²) in [5.41, 5.74) is 0.472. The Kier molecular flexibility index (Phi) is 6.07. The van der Waals surface area contributed by atoms with Crippen LogP contribution in [0.1, 0.15) is 60.3 Å². The highest BCUT2D eigenvalue weighted by molar-refractivity contribution is 8.00. The van der Waals surface area contributed by atoms with Crippen LogP contribution in [0.3, 0.4) is 0 Å². The first kappa shape index (κ1) is 17.6. The van der Waals surface area contributed by atoms with E-state index < -0.39 is 0 Å². The number of thioether (sulfide) groups is 1. The molecular formula is C18H36N2S. The van der Waals surface area contributed by atoms with E-state index in [1.54, 1.807) is 0 Å². The zero-order valence-corrected chi connectivity index (χ0v) is 15.7. The normalized spacial score (nSPS) is 33.0. The van der Waals surface area contributed by atoms with Gasteiger partial charge in [-0.25, -0.2) is 0 Å². The van der Waals surface area contributed by atoms with E-state index in [4.69, 9.17) is 0 Å². The standard InChI is InChI=1S/C18H36N2S/c1-6-10-19-16-15(7-8-17(16,2)3)14-20-11-9-18(4,5)21-13-12-20/h15-16,19H,6-14H2,1-5H3. The second-order valence-corrected chi connectivity index (χ2v) is 10.2. The molecule has 3 heteroatoms. The van der Waals surface area contributed by atoms with E-state index in [2.05, 4.69) is 56.6 Å². The summed E-state index contributed by atoms with van der Waals surface area (Å²) in [6.07, 6.45) is 5.36. The highest BCUT2D eigenvalue weighted by Gasteiger charge is 2.42. The third kappa shape index (κ3) is 4.87. The second kappa shape index (κ2) is 7.23. The van der Waals surface area contributed by atoms with Gasteiger partial charge in [-0.3, -0.25) is 0 Å². The van der Waals surface area contributed by atoms with Gasteiger partial charge in [-0.05, 0) is 50.1 Å². The lowest BCUT2D eigenvalue weighted by atomic mass is 9.84. The van der Waals surface area contributed by atoms with Gasteiger partial charge in [0.25, 0.3) is 0 Å². The van der Waals surface area contributed by atoms with Crippen molar-refractivity contribution in [2.45, 2.75) is 71.1 Å². The maximum absolute atomic E-state index is 3.86. The van der Waals surface area contributed by atoms with Gasteiger partial charge in [0.1, 0.15) is 0 Å². The lowest BCUT2D eigenvalue weighted by Crippen LogP contribution is -2.46. The maximum Gasteiger partial charge on any atom is 0.0159 e. The Labute approximate surface area is 136 Å². The molecule has 2 rings (SSSR count). The van der Waals surface area contributed by atoms with Crippen molar-refractivity contribution in [1.82, 2.24) is 10.2 Å². The van der Waals surface area contributed by atoms with E-state index in [1.807, 2.05) is 0 Å². The van der Waals surface area contributed by atoms with Crippen molar-refractivity contribution < 1.29 is 0 Å². The lowest BCUT2D eigenvalue weighted by molar-refractivity contribution is 0.187. The Balaban J connectivity index is 1.91. The summed E-state index contributed by atoms with van der Waals surface area (Å²) in [6.45, 7) is 17.1. The summed E-state index contributed by atoms with van der Waals surface area (Å²) in [4.78, 5) is 2.74. The van der Waals surface area contributed by atoms with Gasteiger partial charge in [-0.1, -0.05) is 34.6 Å². The molecule has 0 bridgehead atoms. The molecule has 1 aliphatic carbocycles. The van der Waals surface area contributed by atoms with E-state index in [0.29, 0.717) is 16.2 Å². The molecule has 0 radical (unpaired) electrons. The van der Waals surface area contributed by atoms with Crippen LogP contribution in [-0.4, -0.2) is 47.6 Å².